The van der Waals surface area contributed by atoms with E-state index in [1.165, 1.54) is 0 Å². The number of nitro groups is 1. The summed E-state index contributed by atoms with van der Waals surface area (Å²) in [5.74, 6) is 0. The van der Waals surface area contributed by atoms with Gasteiger partial charge in [0.05, 0.1) is 16.5 Å². The molecular weight excluding hydrogens is 248 g/mol. The number of aliphatic hydroxyl groups excluding tert-OH is 1. The Balaban J connectivity index is 2.54. The molecule has 0 fully saturated rings. The van der Waals surface area contributed by atoms with E-state index < -0.39 is 16.0 Å². The Morgan fingerprint density at radius 3 is 2.89 bits per heavy atom. The van der Waals surface area contributed by atoms with Crippen molar-refractivity contribution in [3.63, 3.8) is 0 Å². The molecule has 6 nitrogen and oxygen atoms in total. The van der Waals surface area contributed by atoms with E-state index in [1.54, 1.807) is 30.4 Å². The van der Waals surface area contributed by atoms with E-state index in [9.17, 15) is 14.9 Å². The first-order valence-corrected chi connectivity index (χ1v) is 5.70. The Bertz CT molecular complexity index is 703. The predicted octanol–water partition coefficient (Wildman–Crippen LogP) is 1.83. The first-order valence-electron chi connectivity index (χ1n) is 5.70. The lowest BCUT2D eigenvalue weighted by Crippen LogP contribution is -2.09. The molecule has 0 saturated carbocycles. The number of rotatable bonds is 4. The maximum Gasteiger partial charge on any atom is 0.332 e. The number of nitrogens with zero attached hydrogens (tertiary/aromatic N) is 1. The summed E-state index contributed by atoms with van der Waals surface area (Å²) in [6.45, 7) is 0.0517. The summed E-state index contributed by atoms with van der Waals surface area (Å²) >= 11 is 0. The first kappa shape index (κ1) is 13.0. The Hall–Kier alpha value is -2.47. The van der Waals surface area contributed by atoms with Crippen molar-refractivity contribution in [2.24, 2.45) is 0 Å². The molecule has 6 heteroatoms. The third-order valence-corrected chi connectivity index (χ3v) is 2.69. The van der Waals surface area contributed by atoms with E-state index in [-0.39, 0.29) is 12.0 Å². The molecule has 1 heterocycles. The largest absolute Gasteiger partial charge is 0.396 e. The van der Waals surface area contributed by atoms with Crippen molar-refractivity contribution in [3.8, 4) is 0 Å². The average molecular weight is 260 g/mol. The lowest BCUT2D eigenvalue weighted by Gasteiger charge is -1.99. The van der Waals surface area contributed by atoms with Crippen LogP contribution >= 0.6 is 0 Å². The van der Waals surface area contributed by atoms with E-state index in [4.69, 9.17) is 5.11 Å². The van der Waals surface area contributed by atoms with Gasteiger partial charge in [-0.2, -0.15) is 0 Å². The SMILES string of the molecule is O=c1c([N+](=O)[O-])c[nH]c2ccc(C=CCCO)cc12. The summed E-state index contributed by atoms with van der Waals surface area (Å²) in [6, 6.07) is 5.08. The zero-order valence-corrected chi connectivity index (χ0v) is 10.00. The summed E-state index contributed by atoms with van der Waals surface area (Å²) in [5.41, 5.74) is 0.238. The molecule has 0 aliphatic carbocycles. The second-order valence-corrected chi connectivity index (χ2v) is 3.98. The van der Waals surface area contributed by atoms with Crippen LogP contribution in [0.2, 0.25) is 0 Å². The second-order valence-electron chi connectivity index (χ2n) is 3.98. The van der Waals surface area contributed by atoms with E-state index in [0.717, 1.165) is 11.8 Å². The Morgan fingerprint density at radius 2 is 2.21 bits per heavy atom. The molecule has 2 N–H and O–H groups in total. The zero-order chi connectivity index (χ0) is 13.8. The third-order valence-electron chi connectivity index (χ3n) is 2.69. The normalized spacial score (nSPS) is 11.2. The van der Waals surface area contributed by atoms with Crippen molar-refractivity contribution in [2.45, 2.75) is 6.42 Å². The fourth-order valence-corrected chi connectivity index (χ4v) is 1.76. The van der Waals surface area contributed by atoms with Gasteiger partial charge in [-0.1, -0.05) is 18.2 Å². The summed E-state index contributed by atoms with van der Waals surface area (Å²) in [5, 5.41) is 19.7. The van der Waals surface area contributed by atoms with Gasteiger partial charge in [-0.3, -0.25) is 14.9 Å². The highest BCUT2D eigenvalue weighted by atomic mass is 16.6. The van der Waals surface area contributed by atoms with Crippen LogP contribution in [0.1, 0.15) is 12.0 Å². The van der Waals surface area contributed by atoms with Crippen LogP contribution in [0.4, 0.5) is 5.69 Å². The highest BCUT2D eigenvalue weighted by molar-refractivity contribution is 5.82. The van der Waals surface area contributed by atoms with Crippen molar-refractivity contribution < 1.29 is 10.0 Å². The molecular formula is C13H12N2O4. The molecule has 0 radical (unpaired) electrons. The van der Waals surface area contributed by atoms with Gasteiger partial charge < -0.3 is 10.1 Å². The van der Waals surface area contributed by atoms with Crippen LogP contribution in [0.5, 0.6) is 0 Å². The predicted molar refractivity (Wildman–Crippen MR) is 72.0 cm³/mol. The number of fused-ring (bicyclic) bond motifs is 1. The van der Waals surface area contributed by atoms with Crippen LogP contribution in [0, 0.1) is 10.1 Å². The van der Waals surface area contributed by atoms with Crippen molar-refractivity contribution in [1.29, 1.82) is 0 Å². The van der Waals surface area contributed by atoms with Crippen LogP contribution in [0.15, 0.2) is 35.3 Å². The minimum absolute atomic E-state index is 0.0517. The standard InChI is InChI=1S/C13H12N2O4/c16-6-2-1-3-9-4-5-11-10(7-9)13(17)12(8-14-11)15(18)19/h1,3-5,7-8,16H,2,6H2,(H,14,17). The fraction of sp³-hybridized carbons (Fsp3) is 0.154. The summed E-state index contributed by atoms with van der Waals surface area (Å²) in [4.78, 5) is 24.7. The molecule has 0 saturated heterocycles. The quantitative estimate of drug-likeness (QED) is 0.647. The maximum absolute atomic E-state index is 11.9. The first-order chi connectivity index (χ1) is 9.13. The molecule has 0 aliphatic heterocycles. The Labute approximate surface area is 108 Å². The van der Waals surface area contributed by atoms with Gasteiger partial charge in [0.25, 0.3) is 5.43 Å². The van der Waals surface area contributed by atoms with E-state index in [0.29, 0.717) is 11.9 Å². The van der Waals surface area contributed by atoms with Gasteiger partial charge in [0.15, 0.2) is 0 Å². The number of pyridine rings is 1. The number of nitrogens with one attached hydrogen (secondary N) is 1. The molecule has 98 valence electrons. The van der Waals surface area contributed by atoms with Gasteiger partial charge in [-0.05, 0) is 24.1 Å². The highest BCUT2D eigenvalue weighted by Gasteiger charge is 2.14. The van der Waals surface area contributed by atoms with Crippen LogP contribution < -0.4 is 5.43 Å². The summed E-state index contributed by atoms with van der Waals surface area (Å²) in [7, 11) is 0. The highest BCUT2D eigenvalue weighted by Crippen LogP contribution is 2.15. The van der Waals surface area contributed by atoms with Crippen molar-refractivity contribution >= 4 is 22.7 Å². The Morgan fingerprint density at radius 1 is 1.42 bits per heavy atom. The molecule has 1 aromatic heterocycles. The number of hydrogen-bond acceptors (Lipinski definition) is 4. The van der Waals surface area contributed by atoms with Crippen molar-refractivity contribution in [2.75, 3.05) is 6.61 Å². The monoisotopic (exact) mass is 260 g/mol. The number of aliphatic hydroxyl groups is 1. The summed E-state index contributed by atoms with van der Waals surface area (Å²) in [6.07, 6.45) is 5.15. The van der Waals surface area contributed by atoms with Crippen LogP contribution in [0.25, 0.3) is 17.0 Å². The van der Waals surface area contributed by atoms with Gasteiger partial charge in [-0.15, -0.1) is 0 Å². The van der Waals surface area contributed by atoms with Crippen LogP contribution in [-0.4, -0.2) is 21.6 Å². The molecule has 0 amide bonds. The fourth-order valence-electron chi connectivity index (χ4n) is 1.76. The lowest BCUT2D eigenvalue weighted by atomic mass is 10.1. The lowest BCUT2D eigenvalue weighted by molar-refractivity contribution is -0.386. The molecule has 0 bridgehead atoms. The van der Waals surface area contributed by atoms with Crippen LogP contribution in [-0.2, 0) is 0 Å². The van der Waals surface area contributed by atoms with E-state index in [2.05, 4.69) is 4.98 Å². The van der Waals surface area contributed by atoms with Gasteiger partial charge >= 0.3 is 5.69 Å². The number of aromatic nitrogens is 1. The van der Waals surface area contributed by atoms with E-state index >= 15 is 0 Å². The minimum atomic E-state index is -0.702. The summed E-state index contributed by atoms with van der Waals surface area (Å²) < 4.78 is 0. The number of benzene rings is 1. The van der Waals surface area contributed by atoms with Gasteiger partial charge in [0.2, 0.25) is 0 Å². The molecule has 1 aromatic carbocycles. The van der Waals surface area contributed by atoms with Crippen LogP contribution in [0.3, 0.4) is 0 Å². The molecule has 2 rings (SSSR count). The zero-order valence-electron chi connectivity index (χ0n) is 10.00. The number of H-pyrrole nitrogens is 1. The Kier molecular flexibility index (Phi) is 3.72. The molecule has 0 spiro atoms. The van der Waals surface area contributed by atoms with E-state index in [1.807, 2.05) is 0 Å². The maximum atomic E-state index is 11.9. The number of hydrogen-bond donors (Lipinski definition) is 2. The van der Waals surface area contributed by atoms with Crippen molar-refractivity contribution in [3.05, 3.63) is 56.4 Å². The van der Waals surface area contributed by atoms with Gasteiger partial charge in [0.1, 0.15) is 0 Å². The molecule has 0 atom stereocenters. The molecule has 2 aromatic rings. The average Bonchev–Trinajstić information content (AvgIpc) is 2.39. The smallest absolute Gasteiger partial charge is 0.332 e. The topological polar surface area (TPSA) is 96.2 Å². The third kappa shape index (κ3) is 2.69. The molecule has 0 aliphatic rings. The minimum Gasteiger partial charge on any atom is -0.396 e. The van der Waals surface area contributed by atoms with Gasteiger partial charge in [-0.25, -0.2) is 0 Å². The number of aromatic amines is 1. The van der Waals surface area contributed by atoms with Gasteiger partial charge in [0, 0.05) is 12.1 Å². The molecule has 19 heavy (non-hydrogen) atoms. The second kappa shape index (κ2) is 5.45. The van der Waals surface area contributed by atoms with Crippen molar-refractivity contribution in [1.82, 2.24) is 4.98 Å². The molecule has 0 unspecified atom stereocenters.